The number of amides is 4. The van der Waals surface area contributed by atoms with Gasteiger partial charge in [0.1, 0.15) is 6.04 Å². The van der Waals surface area contributed by atoms with Gasteiger partial charge in [-0.1, -0.05) is 30.3 Å². The highest BCUT2D eigenvalue weighted by Gasteiger charge is 2.47. The molecule has 0 radical (unpaired) electrons. The van der Waals surface area contributed by atoms with Gasteiger partial charge in [0, 0.05) is 77.3 Å². The minimum atomic E-state index is -0.549. The Bertz CT molecular complexity index is 1270. The summed E-state index contributed by atoms with van der Waals surface area (Å²) in [4.78, 5) is 66.2. The number of hydrogen-bond donors (Lipinski definition) is 1. The molecule has 0 aromatic heterocycles. The Kier molecular flexibility index (Phi) is 9.60. The lowest BCUT2D eigenvalue weighted by Crippen LogP contribution is -2.57. The summed E-state index contributed by atoms with van der Waals surface area (Å²) in [5.41, 5.74) is 1.15. The van der Waals surface area contributed by atoms with E-state index in [1.54, 1.807) is 0 Å². The molecule has 7 aliphatic heterocycles. The predicted octanol–water partition coefficient (Wildman–Crippen LogP) is 1.32. The number of carbonyl (C=O) groups excluding carboxylic acids is 4. The average Bonchev–Trinajstić information content (AvgIpc) is 3.76. The van der Waals surface area contributed by atoms with Crippen LogP contribution in [0.5, 0.6) is 0 Å². The van der Waals surface area contributed by atoms with Crippen LogP contribution in [0.4, 0.5) is 0 Å². The number of piperidine rings is 2. The lowest BCUT2D eigenvalue weighted by Gasteiger charge is -2.43. The van der Waals surface area contributed by atoms with Crippen molar-refractivity contribution in [2.24, 2.45) is 11.8 Å². The third kappa shape index (κ3) is 6.55. The van der Waals surface area contributed by atoms with Crippen molar-refractivity contribution in [1.82, 2.24) is 29.8 Å². The Labute approximate surface area is 272 Å². The van der Waals surface area contributed by atoms with Crippen molar-refractivity contribution in [2.75, 3.05) is 65.6 Å². The van der Waals surface area contributed by atoms with Crippen molar-refractivity contribution in [3.63, 3.8) is 0 Å². The van der Waals surface area contributed by atoms with E-state index in [9.17, 15) is 19.2 Å². The molecule has 7 heterocycles. The lowest BCUT2D eigenvalue weighted by molar-refractivity contribution is -0.146. The van der Waals surface area contributed by atoms with Crippen LogP contribution in [-0.2, 0) is 30.5 Å². The Morgan fingerprint density at radius 3 is 2.37 bits per heavy atom. The molecule has 11 nitrogen and oxygen atoms in total. The normalized spacial score (nSPS) is 32.7. The molecule has 1 aromatic carbocycles. The quantitative estimate of drug-likeness (QED) is 0.521. The maximum absolute atomic E-state index is 14.3. The highest BCUT2D eigenvalue weighted by atomic mass is 16.5. The molecule has 0 spiro atoms. The number of nitrogens with zero attached hydrogens (tertiary/aromatic N) is 5. The van der Waals surface area contributed by atoms with E-state index in [2.05, 4.69) is 22.3 Å². The maximum atomic E-state index is 14.3. The zero-order valence-electron chi connectivity index (χ0n) is 27.1. The topological polar surface area (TPSA) is 106 Å². The van der Waals surface area contributed by atoms with Crippen molar-refractivity contribution in [3.05, 3.63) is 35.9 Å². The smallest absolute Gasteiger partial charge is 0.246 e. The minimum Gasteiger partial charge on any atom is -0.378 e. The first kappa shape index (κ1) is 31.6. The summed E-state index contributed by atoms with van der Waals surface area (Å²) in [5, 5.41) is 3.64. The molecule has 7 fully saturated rings. The summed E-state index contributed by atoms with van der Waals surface area (Å²) < 4.78 is 5.46. The first-order valence-corrected chi connectivity index (χ1v) is 17.7. The van der Waals surface area contributed by atoms with E-state index in [-0.39, 0.29) is 54.0 Å². The predicted molar refractivity (Wildman–Crippen MR) is 171 cm³/mol. The summed E-state index contributed by atoms with van der Waals surface area (Å²) >= 11 is 0. The van der Waals surface area contributed by atoms with E-state index in [4.69, 9.17) is 4.74 Å². The second kappa shape index (κ2) is 14.0. The first-order valence-electron chi connectivity index (χ1n) is 17.7. The van der Waals surface area contributed by atoms with Crippen molar-refractivity contribution in [1.29, 1.82) is 0 Å². The van der Waals surface area contributed by atoms with Gasteiger partial charge in [0.15, 0.2) is 0 Å². The molecule has 250 valence electrons. The number of ether oxygens (including phenoxy) is 1. The van der Waals surface area contributed by atoms with Crippen LogP contribution >= 0.6 is 0 Å². The number of hydrogen-bond acceptors (Lipinski definition) is 7. The van der Waals surface area contributed by atoms with Gasteiger partial charge in [-0.2, -0.15) is 0 Å². The Morgan fingerprint density at radius 1 is 0.826 bits per heavy atom. The summed E-state index contributed by atoms with van der Waals surface area (Å²) in [6.07, 6.45) is 5.64. The molecule has 8 rings (SSSR count). The molecular weight excluding hydrogens is 584 g/mol. The largest absolute Gasteiger partial charge is 0.378 e. The Morgan fingerprint density at radius 2 is 1.59 bits per heavy atom. The summed E-state index contributed by atoms with van der Waals surface area (Å²) in [6, 6.07) is 9.67. The molecule has 7 aliphatic rings. The van der Waals surface area contributed by atoms with Crippen LogP contribution in [0.1, 0.15) is 56.9 Å². The van der Waals surface area contributed by atoms with Gasteiger partial charge in [-0.25, -0.2) is 0 Å². The van der Waals surface area contributed by atoms with Crippen molar-refractivity contribution < 1.29 is 23.9 Å². The second-order valence-electron chi connectivity index (χ2n) is 14.2. The zero-order chi connectivity index (χ0) is 31.6. The van der Waals surface area contributed by atoms with Crippen LogP contribution in [0.25, 0.3) is 0 Å². The number of benzene rings is 1. The van der Waals surface area contributed by atoms with Crippen molar-refractivity contribution in [3.8, 4) is 0 Å². The molecule has 11 heteroatoms. The van der Waals surface area contributed by atoms with Crippen LogP contribution in [0, 0.1) is 11.8 Å². The van der Waals surface area contributed by atoms with Crippen LogP contribution in [0.15, 0.2) is 30.3 Å². The number of morpholine rings is 1. The van der Waals surface area contributed by atoms with E-state index < -0.39 is 6.04 Å². The van der Waals surface area contributed by atoms with Crippen molar-refractivity contribution >= 4 is 23.6 Å². The number of rotatable bonds is 5. The van der Waals surface area contributed by atoms with E-state index in [1.165, 1.54) is 0 Å². The van der Waals surface area contributed by atoms with Gasteiger partial charge in [-0.05, 0) is 62.5 Å². The molecule has 1 aromatic rings. The number of carbonyl (C=O) groups is 4. The highest BCUT2D eigenvalue weighted by Crippen LogP contribution is 2.35. The van der Waals surface area contributed by atoms with Crippen LogP contribution in [-0.4, -0.2) is 138 Å². The second-order valence-corrected chi connectivity index (χ2v) is 14.2. The molecule has 0 aliphatic carbocycles. The molecule has 4 amide bonds. The number of fused-ring (bicyclic) bond motifs is 3. The lowest BCUT2D eigenvalue weighted by atomic mass is 9.80. The van der Waals surface area contributed by atoms with Gasteiger partial charge >= 0.3 is 0 Å². The van der Waals surface area contributed by atoms with Crippen LogP contribution in [0.2, 0.25) is 0 Å². The van der Waals surface area contributed by atoms with Crippen LogP contribution in [0.3, 0.4) is 0 Å². The average molecular weight is 635 g/mol. The first-order chi connectivity index (χ1) is 22.5. The van der Waals surface area contributed by atoms with Gasteiger partial charge in [0.25, 0.3) is 0 Å². The Hall–Kier alpha value is -3.02. The van der Waals surface area contributed by atoms with Gasteiger partial charge in [-0.15, -0.1) is 0 Å². The molecule has 0 saturated carbocycles. The summed E-state index contributed by atoms with van der Waals surface area (Å²) in [7, 11) is 0. The summed E-state index contributed by atoms with van der Waals surface area (Å²) in [6.45, 7) is 6.84. The number of nitrogens with one attached hydrogen (secondary N) is 1. The molecule has 1 N–H and O–H groups in total. The Balaban J connectivity index is 1.15. The molecular formula is C35H50N6O5. The van der Waals surface area contributed by atoms with Crippen LogP contribution < -0.4 is 5.32 Å². The van der Waals surface area contributed by atoms with Crippen molar-refractivity contribution in [2.45, 2.75) is 82.1 Å². The van der Waals surface area contributed by atoms with E-state index >= 15 is 0 Å². The highest BCUT2D eigenvalue weighted by molar-refractivity contribution is 5.89. The van der Waals surface area contributed by atoms with Gasteiger partial charge in [0.05, 0.1) is 19.3 Å². The van der Waals surface area contributed by atoms with E-state index in [0.717, 1.165) is 44.2 Å². The SMILES string of the molecule is O=C(C[C@@H]1CCN2C[C@@H]1CC(=O)N1CC[C@@H](NCc3ccccc3)[C@H]1C(=O)N1CCC(CC1)N1CCC[C@H]1C2=O)N1CCOCC1. The van der Waals surface area contributed by atoms with Gasteiger partial charge < -0.3 is 29.7 Å². The third-order valence-corrected chi connectivity index (χ3v) is 11.6. The maximum Gasteiger partial charge on any atom is 0.246 e. The van der Waals surface area contributed by atoms with Gasteiger partial charge in [0.2, 0.25) is 23.6 Å². The molecule has 5 atom stereocenters. The minimum absolute atomic E-state index is 0.0161. The fourth-order valence-corrected chi connectivity index (χ4v) is 9.03. The fraction of sp³-hybridized carbons (Fsp3) is 0.714. The molecule has 0 unspecified atom stereocenters. The summed E-state index contributed by atoms with van der Waals surface area (Å²) in [5.74, 6) is 0.204. The standard InChI is InChI=1S/C35H50N6O5/c42-31(37-17-19-46-20-18-37)21-26-8-13-39-24-27(26)22-32(43)41-16-11-29(36-23-25-5-2-1-3-6-25)33(41)35(45)38-14-9-28(10-15-38)40-12-4-7-30(40)34(39)44/h1-3,5-6,26-30,33,36H,4,7-24H2/t26-,27-,29+,30-,33-/m0/s1. The van der Waals surface area contributed by atoms with E-state index in [1.807, 2.05) is 37.8 Å². The molecule has 46 heavy (non-hydrogen) atoms. The van der Waals surface area contributed by atoms with E-state index in [0.29, 0.717) is 84.5 Å². The zero-order valence-corrected chi connectivity index (χ0v) is 27.1. The van der Waals surface area contributed by atoms with Gasteiger partial charge in [-0.3, -0.25) is 24.1 Å². The molecule has 7 saturated heterocycles. The molecule has 4 bridgehead atoms. The third-order valence-electron chi connectivity index (χ3n) is 11.6. The monoisotopic (exact) mass is 634 g/mol. The fourth-order valence-electron chi connectivity index (χ4n) is 9.03.